The van der Waals surface area contributed by atoms with Gasteiger partial charge in [0.15, 0.2) is 11.6 Å². The molecule has 5 aromatic rings. The van der Waals surface area contributed by atoms with Crippen LogP contribution in [0.2, 0.25) is 0 Å². The first kappa shape index (κ1) is 38.3. The van der Waals surface area contributed by atoms with E-state index in [4.69, 9.17) is 0 Å². The minimum absolute atomic E-state index is 0.127. The van der Waals surface area contributed by atoms with Crippen LogP contribution in [0.25, 0.3) is 22.0 Å². The first-order chi connectivity index (χ1) is 24.9. The summed E-state index contributed by atoms with van der Waals surface area (Å²) in [5, 5.41) is 1.76. The van der Waals surface area contributed by atoms with Crippen LogP contribution in [-0.4, -0.2) is 76.9 Å². The average molecular weight is 842 g/mol. The molecule has 282 valence electrons. The lowest BCUT2D eigenvalue weighted by Crippen LogP contribution is -2.25. The monoisotopic (exact) mass is 841 g/mol. The number of hydrogen-bond donors (Lipinski definition) is 8. The van der Waals surface area contributed by atoms with Crippen molar-refractivity contribution in [1.29, 1.82) is 0 Å². The number of carbonyl (C=O) groups excluding carboxylic acids is 2. The molecule has 0 atom stereocenters. The van der Waals surface area contributed by atoms with Crippen LogP contribution in [0.15, 0.2) is 91.1 Å². The van der Waals surface area contributed by atoms with Crippen molar-refractivity contribution in [2.24, 2.45) is 0 Å². The highest BCUT2D eigenvalue weighted by atomic mass is 32.2. The van der Waals surface area contributed by atoms with Gasteiger partial charge >= 0.3 is 0 Å². The zero-order valence-electron chi connectivity index (χ0n) is 26.0. The lowest BCUT2D eigenvalue weighted by Gasteiger charge is -2.25. The number of nitrogens with one attached hydrogen (secondary N) is 3. The number of aromatic nitrogens is 1. The van der Waals surface area contributed by atoms with Crippen molar-refractivity contribution in [3.63, 3.8) is 0 Å². The highest BCUT2D eigenvalue weighted by molar-refractivity contribution is 7.87. The van der Waals surface area contributed by atoms with Crippen molar-refractivity contribution in [2.75, 3.05) is 10.0 Å². The number of carbonyl (C=O) groups is 2. The number of H-pyrrole nitrogens is 1. The summed E-state index contributed by atoms with van der Waals surface area (Å²) < 4.78 is 163. The number of pyridine rings is 1. The molecule has 1 aliphatic carbocycles. The number of hydrogen-bond acceptors (Lipinski definition) is 14. The summed E-state index contributed by atoms with van der Waals surface area (Å²) >= 11 is 0. The molecule has 6 rings (SSSR count). The maximum atomic E-state index is 14.2. The van der Waals surface area contributed by atoms with Crippen molar-refractivity contribution >= 4 is 90.9 Å². The van der Waals surface area contributed by atoms with E-state index in [1.807, 2.05) is 0 Å². The molecule has 0 bridgehead atoms. The second-order valence-corrected chi connectivity index (χ2v) is 17.6. The lowest BCUT2D eigenvalue weighted by molar-refractivity contribution is 0.102. The molecule has 0 saturated carbocycles. The molecule has 25 heteroatoms. The second kappa shape index (κ2) is 12.9. The number of benzene rings is 4. The van der Waals surface area contributed by atoms with Crippen LogP contribution in [0.4, 0.5) is 17.1 Å². The van der Waals surface area contributed by atoms with Crippen molar-refractivity contribution in [1.82, 2.24) is 4.98 Å². The molecule has 7 N–H and O–H groups in total. The van der Waals surface area contributed by atoms with Crippen LogP contribution in [-0.2, 0) is 51.4 Å². The van der Waals surface area contributed by atoms with Gasteiger partial charge in [0, 0.05) is 22.1 Å². The van der Waals surface area contributed by atoms with Crippen molar-refractivity contribution in [3.8, 4) is 11.1 Å². The zero-order valence-corrected chi connectivity index (χ0v) is 30.2. The molecule has 20 nitrogen and oxygen atoms in total. The molecular formula is C29H19N3O17S5. The van der Waals surface area contributed by atoms with Crippen LogP contribution in [0, 0.1) is 0 Å². The molecule has 0 aliphatic heterocycles. The quantitative estimate of drug-likeness (QED) is 0.0552. The van der Waals surface area contributed by atoms with E-state index < -0.39 is 138 Å². The molecule has 0 fully saturated rings. The highest BCUT2D eigenvalue weighted by Gasteiger charge is 2.37. The zero-order chi connectivity index (χ0) is 39.9. The van der Waals surface area contributed by atoms with Crippen LogP contribution < -0.4 is 15.6 Å². The number of anilines is 3. The SMILES string of the molecule is O=C(c1cccc(S(=O)(=O)O)c1)c1c2c3c(c(Nc4cc(N[SH](=O)=O)c(S(=O)(=O)O)cc4S(=O)(=O)O)cc(S(=O)(=O)O)c3[nH]c1=O)C(=O)c1ccccc1-2. The molecule has 1 aliphatic rings. The fourth-order valence-corrected chi connectivity index (χ4v) is 8.91. The Balaban J connectivity index is 1.78. The lowest BCUT2D eigenvalue weighted by atomic mass is 9.80. The van der Waals surface area contributed by atoms with Gasteiger partial charge in [0.25, 0.3) is 46.0 Å². The van der Waals surface area contributed by atoms with E-state index in [0.717, 1.165) is 24.3 Å². The molecule has 54 heavy (non-hydrogen) atoms. The Labute approximate surface area is 304 Å². The standard InChI is InChI=1S/C29H19N3O17S5/c33-27(12-4-3-5-13(8-12)51(38,39)40)25-22-14-6-1-2-7-15(14)28(34)23-18(10-21(54(47,48)49)26(24(22)23)31-29(25)35)30-16-9-17(32-50(36)37)20(53(44,45)46)11-19(16)52(41,42)43/h1-11,30,50H,(H,31,35)(H,32,36,37)(H,38,39,40)(H,41,42,43)(H,44,45,46)(H,47,48,49). The third-order valence-corrected chi connectivity index (χ3v) is 11.9. The number of ketones is 2. The summed E-state index contributed by atoms with van der Waals surface area (Å²) in [7, 11) is -25.0. The summed E-state index contributed by atoms with van der Waals surface area (Å²) in [6.45, 7) is 0. The Morgan fingerprint density at radius 2 is 1.22 bits per heavy atom. The Bertz CT molecular complexity index is 3150. The van der Waals surface area contributed by atoms with Gasteiger partial charge in [0.1, 0.15) is 14.7 Å². The largest absolute Gasteiger partial charge is 0.354 e. The summed E-state index contributed by atoms with van der Waals surface area (Å²) in [5.41, 5.74) is -7.54. The van der Waals surface area contributed by atoms with Gasteiger partial charge in [-0.1, -0.05) is 36.4 Å². The molecule has 0 radical (unpaired) electrons. The smallest absolute Gasteiger partial charge is 0.296 e. The van der Waals surface area contributed by atoms with E-state index in [2.05, 4.69) is 10.3 Å². The molecule has 0 spiro atoms. The summed E-state index contributed by atoms with van der Waals surface area (Å²) in [5.74, 6) is -2.20. The molecular weight excluding hydrogens is 823 g/mol. The predicted octanol–water partition coefficient (Wildman–Crippen LogP) is 1.64. The van der Waals surface area contributed by atoms with Crippen LogP contribution >= 0.6 is 0 Å². The molecule has 0 amide bonds. The third-order valence-electron chi connectivity index (χ3n) is 7.94. The van der Waals surface area contributed by atoms with Crippen LogP contribution in [0.3, 0.4) is 0 Å². The molecule has 1 heterocycles. The topological polar surface area (TPSA) is 343 Å². The molecule has 4 aromatic carbocycles. The van der Waals surface area contributed by atoms with Crippen molar-refractivity contribution in [2.45, 2.75) is 19.6 Å². The van der Waals surface area contributed by atoms with E-state index in [-0.39, 0.29) is 17.2 Å². The van der Waals surface area contributed by atoms with Gasteiger partial charge in [-0.15, -0.1) is 0 Å². The molecule has 1 aromatic heterocycles. The predicted molar refractivity (Wildman–Crippen MR) is 186 cm³/mol. The maximum absolute atomic E-state index is 14.2. The fraction of sp³-hybridized carbons (Fsp3) is 0. The van der Waals surface area contributed by atoms with Gasteiger partial charge in [0.2, 0.25) is 10.9 Å². The Morgan fingerprint density at radius 1 is 0.630 bits per heavy atom. The van der Waals surface area contributed by atoms with E-state index in [1.165, 1.54) is 24.3 Å². The number of rotatable bonds is 10. The Morgan fingerprint density at radius 3 is 1.80 bits per heavy atom. The maximum Gasteiger partial charge on any atom is 0.296 e. The average Bonchev–Trinajstić information content (AvgIpc) is 3.04. The molecule has 0 unspecified atom stereocenters. The van der Waals surface area contributed by atoms with E-state index in [1.54, 1.807) is 4.72 Å². The second-order valence-electron chi connectivity index (χ2n) is 11.2. The summed E-state index contributed by atoms with van der Waals surface area (Å²) in [6.07, 6.45) is 0. The number of fused-ring (bicyclic) bond motifs is 2. The summed E-state index contributed by atoms with van der Waals surface area (Å²) in [6, 6.07) is 10.1. The van der Waals surface area contributed by atoms with Crippen LogP contribution in [0.1, 0.15) is 31.8 Å². The Kier molecular flexibility index (Phi) is 9.15. The highest BCUT2D eigenvalue weighted by Crippen LogP contribution is 2.46. The number of aromatic amines is 1. The van der Waals surface area contributed by atoms with Gasteiger partial charge in [-0.25, -0.2) is 8.42 Å². The normalized spacial score (nSPS) is 13.2. The fourth-order valence-electron chi connectivity index (χ4n) is 5.86. The first-order valence-electron chi connectivity index (χ1n) is 14.2. The summed E-state index contributed by atoms with van der Waals surface area (Å²) in [4.78, 5) is 39.5. The van der Waals surface area contributed by atoms with Crippen LogP contribution in [0.5, 0.6) is 0 Å². The first-order valence-corrected chi connectivity index (χ1v) is 21.1. The third kappa shape index (κ3) is 6.78. The van der Waals surface area contributed by atoms with Gasteiger partial charge in [-0.2, -0.15) is 33.7 Å². The van der Waals surface area contributed by atoms with Gasteiger partial charge in [-0.3, -0.25) is 37.3 Å². The minimum Gasteiger partial charge on any atom is -0.354 e. The van der Waals surface area contributed by atoms with Gasteiger partial charge in [0.05, 0.1) is 38.6 Å². The minimum atomic E-state index is -5.53. The van der Waals surface area contributed by atoms with Crippen molar-refractivity contribution in [3.05, 3.63) is 99.3 Å². The Hall–Kier alpha value is -5.38. The van der Waals surface area contributed by atoms with E-state index in [9.17, 15) is 74.7 Å². The molecule has 0 saturated heterocycles. The van der Waals surface area contributed by atoms with E-state index in [0.29, 0.717) is 12.1 Å². The van der Waals surface area contributed by atoms with Gasteiger partial charge < -0.3 is 10.3 Å². The number of thiol groups is 1. The van der Waals surface area contributed by atoms with E-state index >= 15 is 0 Å². The van der Waals surface area contributed by atoms with Crippen molar-refractivity contribution < 1.29 is 69.9 Å². The van der Waals surface area contributed by atoms with Gasteiger partial charge in [-0.05, 0) is 35.9 Å².